The Morgan fingerprint density at radius 3 is 2.36 bits per heavy atom. The summed E-state index contributed by atoms with van der Waals surface area (Å²) in [6.07, 6.45) is 0.896. The van der Waals surface area contributed by atoms with E-state index in [1.165, 1.54) is 31.2 Å². The molecule has 0 saturated heterocycles. The number of hydrogen-bond donors (Lipinski definition) is 1. The van der Waals surface area contributed by atoms with Gasteiger partial charge in [0.1, 0.15) is 0 Å². The lowest BCUT2D eigenvalue weighted by Gasteiger charge is -2.13. The average Bonchev–Trinajstić information content (AvgIpc) is 3.21. The number of amides is 1. The number of thioether (sulfide) groups is 1. The molecule has 0 unspecified atom stereocenters. The highest BCUT2D eigenvalue weighted by molar-refractivity contribution is 8.00. The number of carbonyl (C=O) groups is 2. The minimum absolute atomic E-state index is 0.0245. The van der Waals surface area contributed by atoms with Gasteiger partial charge in [-0.1, -0.05) is 0 Å². The molecule has 1 aromatic rings. The van der Waals surface area contributed by atoms with Gasteiger partial charge >= 0.3 is 11.5 Å². The third-order valence-corrected chi connectivity index (χ3v) is 3.64. The average molecular weight is 333 g/mol. The molecule has 1 fully saturated rings. The zero-order valence-electron chi connectivity index (χ0n) is 11.6. The highest BCUT2D eigenvalue weighted by atomic mass is 32.2. The van der Waals surface area contributed by atoms with Crippen molar-refractivity contribution in [3.8, 4) is 0 Å². The summed E-state index contributed by atoms with van der Waals surface area (Å²) in [6.45, 7) is 1.45. The first kappa shape index (κ1) is 16.7. The van der Waals surface area contributed by atoms with Crippen molar-refractivity contribution in [1.82, 2.24) is 5.32 Å². The summed E-state index contributed by atoms with van der Waals surface area (Å²) in [6, 6.07) is 5.00. The van der Waals surface area contributed by atoms with Crippen molar-refractivity contribution in [3.63, 3.8) is 0 Å². The lowest BCUT2D eigenvalue weighted by Crippen LogP contribution is -2.37. The number of ether oxygens (including phenoxy) is 1. The molecule has 4 nitrogen and oxygen atoms in total. The second-order valence-electron chi connectivity index (χ2n) is 4.90. The van der Waals surface area contributed by atoms with Crippen LogP contribution in [0.3, 0.4) is 0 Å². The molecule has 0 bridgehead atoms. The Bertz CT molecular complexity index is 555. The molecule has 120 valence electrons. The molecule has 22 heavy (non-hydrogen) atoms. The molecule has 1 aliphatic carbocycles. The second kappa shape index (κ2) is 6.60. The standard InChI is InChI=1S/C14H14F3NO3S/c1-8(12(19)18-10-4-5-10)21-13(20)9-2-6-11(7-3-9)22-14(15,16)17/h2-3,6-8,10H,4-5H2,1H3,(H,18,19)/t8-/m0/s1. The maximum Gasteiger partial charge on any atom is 0.446 e. The molecule has 0 aromatic heterocycles. The molecule has 0 heterocycles. The van der Waals surface area contributed by atoms with Gasteiger partial charge in [0.15, 0.2) is 6.10 Å². The maximum absolute atomic E-state index is 12.2. The highest BCUT2D eigenvalue weighted by Crippen LogP contribution is 2.36. The maximum atomic E-state index is 12.2. The van der Waals surface area contributed by atoms with Gasteiger partial charge in [-0.25, -0.2) is 4.79 Å². The Labute approximate surface area is 129 Å². The van der Waals surface area contributed by atoms with E-state index in [1.54, 1.807) is 0 Å². The topological polar surface area (TPSA) is 55.4 Å². The number of alkyl halides is 3. The third-order valence-electron chi connectivity index (χ3n) is 2.90. The number of carbonyl (C=O) groups excluding carboxylic acids is 2. The summed E-state index contributed by atoms with van der Waals surface area (Å²) >= 11 is -0.263. The summed E-state index contributed by atoms with van der Waals surface area (Å²) in [7, 11) is 0. The molecule has 0 spiro atoms. The summed E-state index contributed by atoms with van der Waals surface area (Å²) in [4.78, 5) is 23.5. The van der Waals surface area contributed by atoms with Gasteiger partial charge < -0.3 is 10.1 Å². The normalized spacial score (nSPS) is 16.0. The van der Waals surface area contributed by atoms with Crippen LogP contribution in [0.4, 0.5) is 13.2 Å². The van der Waals surface area contributed by atoms with Crippen LogP contribution in [0, 0.1) is 0 Å². The monoisotopic (exact) mass is 333 g/mol. The molecular weight excluding hydrogens is 319 g/mol. The second-order valence-corrected chi connectivity index (χ2v) is 6.04. The Kier molecular flexibility index (Phi) is 5.00. The van der Waals surface area contributed by atoms with Gasteiger partial charge in [0.25, 0.3) is 5.91 Å². The fraction of sp³-hybridized carbons (Fsp3) is 0.429. The first-order valence-electron chi connectivity index (χ1n) is 6.62. The molecular formula is C14H14F3NO3S. The Morgan fingerprint density at radius 1 is 1.27 bits per heavy atom. The first-order valence-corrected chi connectivity index (χ1v) is 7.43. The fourth-order valence-corrected chi connectivity index (χ4v) is 2.16. The molecule has 8 heteroatoms. The number of nitrogens with one attached hydrogen (secondary N) is 1. The van der Waals surface area contributed by atoms with Crippen molar-refractivity contribution in [2.75, 3.05) is 0 Å². The van der Waals surface area contributed by atoms with E-state index in [-0.39, 0.29) is 34.2 Å². The first-order chi connectivity index (χ1) is 10.2. The van der Waals surface area contributed by atoms with E-state index in [4.69, 9.17) is 4.74 Å². The molecule has 0 radical (unpaired) electrons. The number of halogens is 3. The number of rotatable bonds is 5. The lowest BCUT2D eigenvalue weighted by atomic mass is 10.2. The Balaban J connectivity index is 1.90. The summed E-state index contributed by atoms with van der Waals surface area (Å²) < 4.78 is 41.6. The quantitative estimate of drug-likeness (QED) is 0.664. The summed E-state index contributed by atoms with van der Waals surface area (Å²) in [5.74, 6) is -1.12. The Morgan fingerprint density at radius 2 is 1.86 bits per heavy atom. The van der Waals surface area contributed by atoms with Crippen molar-refractivity contribution >= 4 is 23.6 Å². The molecule has 1 aliphatic rings. The van der Waals surface area contributed by atoms with E-state index in [9.17, 15) is 22.8 Å². The molecule has 1 atom stereocenters. The Hall–Kier alpha value is -1.70. The minimum Gasteiger partial charge on any atom is -0.449 e. The van der Waals surface area contributed by atoms with Crippen LogP contribution in [-0.4, -0.2) is 29.5 Å². The van der Waals surface area contributed by atoms with Crippen molar-refractivity contribution in [2.45, 2.75) is 42.3 Å². The van der Waals surface area contributed by atoms with Crippen LogP contribution in [0.1, 0.15) is 30.1 Å². The number of esters is 1. The van der Waals surface area contributed by atoms with E-state index in [0.29, 0.717) is 0 Å². The van der Waals surface area contributed by atoms with Gasteiger partial charge in [0, 0.05) is 10.9 Å². The van der Waals surface area contributed by atoms with Crippen LogP contribution in [0.5, 0.6) is 0 Å². The summed E-state index contributed by atoms with van der Waals surface area (Å²) in [5.41, 5.74) is -4.28. The van der Waals surface area contributed by atoms with Crippen LogP contribution in [0.15, 0.2) is 29.2 Å². The van der Waals surface area contributed by atoms with E-state index < -0.39 is 17.6 Å². The van der Waals surface area contributed by atoms with Gasteiger partial charge in [-0.3, -0.25) is 4.79 Å². The number of hydrogen-bond acceptors (Lipinski definition) is 4. The van der Waals surface area contributed by atoms with Crippen molar-refractivity contribution in [2.24, 2.45) is 0 Å². The van der Waals surface area contributed by atoms with E-state index in [2.05, 4.69) is 5.32 Å². The van der Waals surface area contributed by atoms with Gasteiger partial charge in [0.05, 0.1) is 5.56 Å². The molecule has 0 aliphatic heterocycles. The number of benzene rings is 1. The third kappa shape index (κ3) is 5.25. The van der Waals surface area contributed by atoms with Crippen molar-refractivity contribution in [1.29, 1.82) is 0 Å². The molecule has 1 saturated carbocycles. The van der Waals surface area contributed by atoms with E-state index >= 15 is 0 Å². The van der Waals surface area contributed by atoms with Crippen molar-refractivity contribution in [3.05, 3.63) is 29.8 Å². The summed E-state index contributed by atoms with van der Waals surface area (Å²) in [5, 5.41) is 2.70. The van der Waals surface area contributed by atoms with Crippen LogP contribution in [-0.2, 0) is 9.53 Å². The van der Waals surface area contributed by atoms with Crippen LogP contribution in [0.25, 0.3) is 0 Å². The molecule has 1 N–H and O–H groups in total. The van der Waals surface area contributed by atoms with Crippen LogP contribution >= 0.6 is 11.8 Å². The zero-order chi connectivity index (χ0) is 16.3. The molecule has 1 aromatic carbocycles. The van der Waals surface area contributed by atoms with Gasteiger partial charge in [-0.2, -0.15) is 13.2 Å². The van der Waals surface area contributed by atoms with E-state index in [1.807, 2.05) is 0 Å². The lowest BCUT2D eigenvalue weighted by molar-refractivity contribution is -0.129. The predicted octanol–water partition coefficient (Wildman–Crippen LogP) is 3.12. The minimum atomic E-state index is -4.38. The largest absolute Gasteiger partial charge is 0.449 e. The van der Waals surface area contributed by atoms with Crippen LogP contribution < -0.4 is 5.32 Å². The highest BCUT2D eigenvalue weighted by Gasteiger charge is 2.29. The van der Waals surface area contributed by atoms with Gasteiger partial charge in [-0.15, -0.1) is 0 Å². The van der Waals surface area contributed by atoms with Crippen molar-refractivity contribution < 1.29 is 27.5 Å². The van der Waals surface area contributed by atoms with Gasteiger partial charge in [0.2, 0.25) is 0 Å². The predicted molar refractivity (Wildman–Crippen MR) is 74.4 cm³/mol. The smallest absolute Gasteiger partial charge is 0.446 e. The molecule has 2 rings (SSSR count). The van der Waals surface area contributed by atoms with E-state index in [0.717, 1.165) is 12.8 Å². The SMILES string of the molecule is C[C@H](OC(=O)c1ccc(SC(F)(F)F)cc1)C(=O)NC1CC1. The van der Waals surface area contributed by atoms with Gasteiger partial charge in [-0.05, 0) is 55.8 Å². The van der Waals surface area contributed by atoms with Crippen LogP contribution in [0.2, 0.25) is 0 Å². The zero-order valence-corrected chi connectivity index (χ0v) is 12.5. The fourth-order valence-electron chi connectivity index (χ4n) is 1.62. The molecule has 1 amide bonds.